The lowest BCUT2D eigenvalue weighted by Gasteiger charge is -2.09. The summed E-state index contributed by atoms with van der Waals surface area (Å²) in [6.07, 6.45) is 3.22. The van der Waals surface area contributed by atoms with E-state index in [1.165, 1.54) is 13.2 Å². The van der Waals surface area contributed by atoms with Gasteiger partial charge in [0.15, 0.2) is 17.3 Å². The SMILES string of the molecule is COc1ccc(/C=C/C(=O)c2ccc(OC(C)C)cc2)cc1O. The van der Waals surface area contributed by atoms with Crippen LogP contribution >= 0.6 is 0 Å². The number of phenolic OH excluding ortho intramolecular Hbond substituents is 1. The molecule has 2 aromatic rings. The Hall–Kier alpha value is -2.75. The lowest BCUT2D eigenvalue weighted by molar-refractivity contribution is 0.104. The maximum atomic E-state index is 12.1. The molecule has 1 N–H and O–H groups in total. The summed E-state index contributed by atoms with van der Waals surface area (Å²) in [6, 6.07) is 12.0. The van der Waals surface area contributed by atoms with E-state index in [-0.39, 0.29) is 17.6 Å². The quantitative estimate of drug-likeness (QED) is 0.645. The van der Waals surface area contributed by atoms with Gasteiger partial charge in [-0.25, -0.2) is 0 Å². The van der Waals surface area contributed by atoms with Crippen LogP contribution in [0.15, 0.2) is 48.5 Å². The highest BCUT2D eigenvalue weighted by Gasteiger charge is 2.04. The Kier molecular flexibility index (Phi) is 5.41. The molecule has 0 aliphatic heterocycles. The first-order chi connectivity index (χ1) is 11.0. The van der Waals surface area contributed by atoms with Crippen molar-refractivity contribution < 1.29 is 19.4 Å². The number of carbonyl (C=O) groups is 1. The molecule has 0 saturated carbocycles. The van der Waals surface area contributed by atoms with Crippen molar-refractivity contribution in [3.8, 4) is 17.2 Å². The molecule has 0 atom stereocenters. The number of hydrogen-bond donors (Lipinski definition) is 1. The van der Waals surface area contributed by atoms with Gasteiger partial charge in [-0.1, -0.05) is 12.1 Å². The Morgan fingerprint density at radius 3 is 2.39 bits per heavy atom. The molecular weight excluding hydrogens is 292 g/mol. The van der Waals surface area contributed by atoms with E-state index < -0.39 is 0 Å². The predicted molar refractivity (Wildman–Crippen MR) is 90.2 cm³/mol. The lowest BCUT2D eigenvalue weighted by Crippen LogP contribution is -2.05. The van der Waals surface area contributed by atoms with Crippen LogP contribution in [-0.2, 0) is 0 Å². The van der Waals surface area contributed by atoms with Crippen LogP contribution < -0.4 is 9.47 Å². The van der Waals surface area contributed by atoms with Gasteiger partial charge in [0.2, 0.25) is 0 Å². The maximum absolute atomic E-state index is 12.1. The van der Waals surface area contributed by atoms with E-state index in [2.05, 4.69) is 0 Å². The zero-order valence-corrected chi connectivity index (χ0v) is 13.4. The van der Waals surface area contributed by atoms with Gasteiger partial charge in [0, 0.05) is 5.56 Å². The topological polar surface area (TPSA) is 55.8 Å². The molecule has 120 valence electrons. The summed E-state index contributed by atoms with van der Waals surface area (Å²) >= 11 is 0. The Labute approximate surface area is 136 Å². The number of rotatable bonds is 6. The molecule has 0 amide bonds. The van der Waals surface area contributed by atoms with E-state index in [9.17, 15) is 9.90 Å². The molecule has 0 aliphatic carbocycles. The smallest absolute Gasteiger partial charge is 0.185 e. The van der Waals surface area contributed by atoms with E-state index in [0.29, 0.717) is 11.3 Å². The minimum atomic E-state index is -0.114. The summed E-state index contributed by atoms with van der Waals surface area (Å²) < 4.78 is 10.5. The summed E-state index contributed by atoms with van der Waals surface area (Å²) in [6.45, 7) is 3.90. The molecule has 23 heavy (non-hydrogen) atoms. The second-order valence-electron chi connectivity index (χ2n) is 5.32. The summed E-state index contributed by atoms with van der Waals surface area (Å²) in [5.74, 6) is 1.06. The van der Waals surface area contributed by atoms with Crippen molar-refractivity contribution in [2.24, 2.45) is 0 Å². The molecular formula is C19H20O4. The number of phenols is 1. The minimum absolute atomic E-state index is 0.0392. The summed E-state index contributed by atoms with van der Waals surface area (Å²) in [5, 5.41) is 9.72. The number of carbonyl (C=O) groups excluding carboxylic acids is 1. The third-order valence-corrected chi connectivity index (χ3v) is 3.14. The Balaban J connectivity index is 2.07. The fourth-order valence-corrected chi connectivity index (χ4v) is 2.05. The molecule has 0 aliphatic rings. The van der Waals surface area contributed by atoms with Crippen LogP contribution in [0.1, 0.15) is 29.8 Å². The van der Waals surface area contributed by atoms with Crippen LogP contribution in [-0.4, -0.2) is 24.1 Å². The number of aromatic hydroxyl groups is 1. The highest BCUT2D eigenvalue weighted by Crippen LogP contribution is 2.26. The fraction of sp³-hybridized carbons (Fsp3) is 0.211. The molecule has 0 bridgehead atoms. The molecule has 0 heterocycles. The van der Waals surface area contributed by atoms with Gasteiger partial charge in [0.1, 0.15) is 5.75 Å². The molecule has 4 nitrogen and oxygen atoms in total. The normalized spacial score (nSPS) is 11.0. The van der Waals surface area contributed by atoms with Gasteiger partial charge in [0.25, 0.3) is 0 Å². The van der Waals surface area contributed by atoms with Gasteiger partial charge < -0.3 is 14.6 Å². The molecule has 2 rings (SSSR count). The van der Waals surface area contributed by atoms with Crippen molar-refractivity contribution in [3.05, 3.63) is 59.7 Å². The second-order valence-corrected chi connectivity index (χ2v) is 5.32. The van der Waals surface area contributed by atoms with E-state index in [4.69, 9.17) is 9.47 Å². The first kappa shape index (κ1) is 16.6. The lowest BCUT2D eigenvalue weighted by atomic mass is 10.1. The molecule has 0 radical (unpaired) electrons. The van der Waals surface area contributed by atoms with Crippen LogP contribution in [0.5, 0.6) is 17.2 Å². The van der Waals surface area contributed by atoms with Crippen LogP contribution in [0.2, 0.25) is 0 Å². The van der Waals surface area contributed by atoms with Gasteiger partial charge >= 0.3 is 0 Å². The standard InChI is InChI=1S/C19H20O4/c1-13(2)23-16-8-6-15(7-9-16)17(20)10-4-14-5-11-19(22-3)18(21)12-14/h4-13,21H,1-3H3/b10-4+. The Morgan fingerprint density at radius 1 is 1.13 bits per heavy atom. The van der Waals surface area contributed by atoms with Gasteiger partial charge in [-0.15, -0.1) is 0 Å². The van der Waals surface area contributed by atoms with Crippen LogP contribution in [0.25, 0.3) is 6.08 Å². The van der Waals surface area contributed by atoms with Crippen molar-refractivity contribution >= 4 is 11.9 Å². The maximum Gasteiger partial charge on any atom is 0.185 e. The van der Waals surface area contributed by atoms with Crippen molar-refractivity contribution in [2.75, 3.05) is 7.11 Å². The fourth-order valence-electron chi connectivity index (χ4n) is 2.05. The number of ketones is 1. The third-order valence-electron chi connectivity index (χ3n) is 3.14. The Bertz CT molecular complexity index is 700. The number of allylic oxidation sites excluding steroid dienone is 1. The minimum Gasteiger partial charge on any atom is -0.504 e. The number of ether oxygens (including phenoxy) is 2. The van der Waals surface area contributed by atoms with Gasteiger partial charge in [0.05, 0.1) is 13.2 Å². The largest absolute Gasteiger partial charge is 0.504 e. The number of methoxy groups -OCH3 is 1. The van der Waals surface area contributed by atoms with E-state index >= 15 is 0 Å². The average Bonchev–Trinajstić information content (AvgIpc) is 2.53. The zero-order chi connectivity index (χ0) is 16.8. The molecule has 0 unspecified atom stereocenters. The van der Waals surface area contributed by atoms with Crippen molar-refractivity contribution in [1.82, 2.24) is 0 Å². The first-order valence-corrected chi connectivity index (χ1v) is 7.35. The molecule has 0 saturated heterocycles. The third kappa shape index (κ3) is 4.61. The van der Waals surface area contributed by atoms with Gasteiger partial charge in [-0.2, -0.15) is 0 Å². The van der Waals surface area contributed by atoms with Crippen LogP contribution in [0.4, 0.5) is 0 Å². The molecule has 2 aromatic carbocycles. The average molecular weight is 312 g/mol. The molecule has 0 aromatic heterocycles. The molecule has 0 fully saturated rings. The second kappa shape index (κ2) is 7.49. The highest BCUT2D eigenvalue weighted by atomic mass is 16.5. The molecule has 0 spiro atoms. The van der Waals surface area contributed by atoms with E-state index in [1.807, 2.05) is 13.8 Å². The first-order valence-electron chi connectivity index (χ1n) is 7.35. The zero-order valence-electron chi connectivity index (χ0n) is 13.4. The van der Waals surface area contributed by atoms with E-state index in [0.717, 1.165) is 11.3 Å². The molecule has 4 heteroatoms. The number of hydrogen-bond acceptors (Lipinski definition) is 4. The Morgan fingerprint density at radius 2 is 1.83 bits per heavy atom. The summed E-state index contributed by atoms with van der Waals surface area (Å²) in [4.78, 5) is 12.1. The van der Waals surface area contributed by atoms with Crippen LogP contribution in [0, 0.1) is 0 Å². The van der Waals surface area contributed by atoms with Crippen molar-refractivity contribution in [1.29, 1.82) is 0 Å². The van der Waals surface area contributed by atoms with Gasteiger partial charge in [-0.05, 0) is 61.9 Å². The van der Waals surface area contributed by atoms with Crippen molar-refractivity contribution in [3.63, 3.8) is 0 Å². The monoisotopic (exact) mass is 312 g/mol. The van der Waals surface area contributed by atoms with Crippen LogP contribution in [0.3, 0.4) is 0 Å². The van der Waals surface area contributed by atoms with Crippen molar-refractivity contribution in [2.45, 2.75) is 20.0 Å². The summed E-state index contributed by atoms with van der Waals surface area (Å²) in [5.41, 5.74) is 1.30. The summed E-state index contributed by atoms with van der Waals surface area (Å²) in [7, 11) is 1.49. The predicted octanol–water partition coefficient (Wildman–Crippen LogP) is 4.08. The number of benzene rings is 2. The van der Waals surface area contributed by atoms with E-state index in [1.54, 1.807) is 48.5 Å². The van der Waals surface area contributed by atoms with Gasteiger partial charge in [-0.3, -0.25) is 4.79 Å². The highest BCUT2D eigenvalue weighted by molar-refractivity contribution is 6.06.